The van der Waals surface area contributed by atoms with Gasteiger partial charge >= 0.3 is 5.97 Å². The summed E-state index contributed by atoms with van der Waals surface area (Å²) in [5.41, 5.74) is 5.19. The fraction of sp³-hybridized carbons (Fsp3) is 0.792. The predicted octanol–water partition coefficient (Wildman–Crippen LogP) is 0.824. The molecule has 0 spiro atoms. The number of rotatable bonds is 18. The zero-order valence-electron chi connectivity index (χ0n) is 21.6. The quantitative estimate of drug-likeness (QED) is 0.161. The zero-order chi connectivity index (χ0) is 27.1. The number of nitrogens with two attached hydrogens (primary N) is 1. The maximum Gasteiger partial charge on any atom is 0.303 e. The van der Waals surface area contributed by atoms with E-state index in [2.05, 4.69) is 16.0 Å². The van der Waals surface area contributed by atoms with E-state index in [1.807, 2.05) is 27.7 Å². The largest absolute Gasteiger partial charge is 0.481 e. The monoisotopic (exact) mass is 500 g/mol. The molecule has 0 rings (SSSR count). The molecule has 7 N–H and O–H groups in total. The zero-order valence-corrected chi connectivity index (χ0v) is 21.6. The van der Waals surface area contributed by atoms with Gasteiger partial charge in [-0.15, -0.1) is 0 Å². The minimum Gasteiger partial charge on any atom is -0.481 e. The summed E-state index contributed by atoms with van der Waals surface area (Å²) >= 11 is 0. The molecular weight excluding hydrogens is 456 g/mol. The minimum atomic E-state index is -1.16. The standard InChI is InChI=1S/C24H44N4O7/c1-6-9-16(23(34)27-17(12-14(3)4)18(29)13-19(25)30)26-24(35)22(15(5)7-2)28-20(31)10-8-11-21(32)33/h14-18,22,29H,6-13H2,1-5H3,(H2,25,30)(H,26,35)(H,27,34)(H,28,31)(H,32,33)/t15-,16-,17-,18-,22-/m0/s1. The fourth-order valence-corrected chi connectivity index (χ4v) is 3.62. The molecule has 0 aromatic heterocycles. The van der Waals surface area contributed by atoms with E-state index in [0.717, 1.165) is 0 Å². The van der Waals surface area contributed by atoms with Crippen LogP contribution in [0.2, 0.25) is 0 Å². The van der Waals surface area contributed by atoms with Crippen molar-refractivity contribution >= 4 is 29.6 Å². The number of aliphatic hydroxyl groups is 1. The number of hydrogen-bond donors (Lipinski definition) is 6. The van der Waals surface area contributed by atoms with Crippen molar-refractivity contribution in [2.75, 3.05) is 0 Å². The number of amides is 4. The van der Waals surface area contributed by atoms with E-state index < -0.39 is 53.8 Å². The van der Waals surface area contributed by atoms with Crippen molar-refractivity contribution in [3.8, 4) is 0 Å². The van der Waals surface area contributed by atoms with Crippen molar-refractivity contribution in [2.45, 2.75) is 110 Å². The van der Waals surface area contributed by atoms with Gasteiger partial charge in [-0.25, -0.2) is 0 Å². The topological polar surface area (TPSA) is 188 Å². The lowest BCUT2D eigenvalue weighted by Gasteiger charge is -2.29. The van der Waals surface area contributed by atoms with Gasteiger partial charge in [-0.05, 0) is 31.1 Å². The Bertz CT molecular complexity index is 714. The highest BCUT2D eigenvalue weighted by molar-refractivity contribution is 5.92. The van der Waals surface area contributed by atoms with Crippen molar-refractivity contribution in [1.29, 1.82) is 0 Å². The Morgan fingerprint density at radius 2 is 1.54 bits per heavy atom. The van der Waals surface area contributed by atoms with Crippen LogP contribution in [0.25, 0.3) is 0 Å². The number of carbonyl (C=O) groups is 5. The molecule has 4 amide bonds. The summed E-state index contributed by atoms with van der Waals surface area (Å²) in [4.78, 5) is 60.3. The van der Waals surface area contributed by atoms with Gasteiger partial charge < -0.3 is 31.9 Å². The lowest BCUT2D eigenvalue weighted by Crippen LogP contribution is -2.57. The summed E-state index contributed by atoms with van der Waals surface area (Å²) in [6.07, 6.45) is 0.446. The molecule has 0 aliphatic heterocycles. The Morgan fingerprint density at radius 3 is 2.03 bits per heavy atom. The molecule has 0 radical (unpaired) electrons. The van der Waals surface area contributed by atoms with Gasteiger partial charge in [0.15, 0.2) is 0 Å². The Hall–Kier alpha value is -2.69. The molecule has 202 valence electrons. The van der Waals surface area contributed by atoms with Gasteiger partial charge in [0.2, 0.25) is 23.6 Å². The van der Waals surface area contributed by atoms with Crippen LogP contribution in [0.3, 0.4) is 0 Å². The van der Waals surface area contributed by atoms with Gasteiger partial charge in [0.1, 0.15) is 12.1 Å². The molecule has 0 aliphatic rings. The smallest absolute Gasteiger partial charge is 0.303 e. The van der Waals surface area contributed by atoms with Gasteiger partial charge in [0.25, 0.3) is 0 Å². The van der Waals surface area contributed by atoms with E-state index in [9.17, 15) is 29.1 Å². The second kappa shape index (κ2) is 16.9. The van der Waals surface area contributed by atoms with Crippen molar-refractivity contribution < 1.29 is 34.2 Å². The molecule has 0 aromatic rings. The average molecular weight is 501 g/mol. The first-order chi connectivity index (χ1) is 16.3. The summed E-state index contributed by atoms with van der Waals surface area (Å²) in [5, 5.41) is 27.3. The third-order valence-electron chi connectivity index (χ3n) is 5.74. The average Bonchev–Trinajstić information content (AvgIpc) is 2.74. The third-order valence-corrected chi connectivity index (χ3v) is 5.74. The first-order valence-electron chi connectivity index (χ1n) is 12.4. The predicted molar refractivity (Wildman–Crippen MR) is 131 cm³/mol. The number of nitrogens with one attached hydrogen (secondary N) is 3. The van der Waals surface area contributed by atoms with Crippen molar-refractivity contribution in [3.63, 3.8) is 0 Å². The SMILES string of the molecule is CCC[C@H](NC(=O)[C@@H](NC(=O)CCCC(=O)O)[C@@H](C)CC)C(=O)N[C@@H](CC(C)C)[C@@H](O)CC(N)=O. The Kier molecular flexibility index (Phi) is 15.6. The molecule has 0 unspecified atom stereocenters. The van der Waals surface area contributed by atoms with Crippen LogP contribution in [-0.4, -0.2) is 64.0 Å². The van der Waals surface area contributed by atoms with Crippen LogP contribution in [0.1, 0.15) is 86.0 Å². The van der Waals surface area contributed by atoms with E-state index in [1.165, 1.54) is 0 Å². The van der Waals surface area contributed by atoms with Crippen molar-refractivity contribution in [3.05, 3.63) is 0 Å². The Morgan fingerprint density at radius 1 is 0.914 bits per heavy atom. The van der Waals surface area contributed by atoms with Crippen molar-refractivity contribution in [1.82, 2.24) is 16.0 Å². The summed E-state index contributed by atoms with van der Waals surface area (Å²) in [6, 6.07) is -2.51. The lowest BCUT2D eigenvalue weighted by atomic mass is 9.96. The molecule has 0 heterocycles. The maximum atomic E-state index is 13.1. The van der Waals surface area contributed by atoms with Gasteiger partial charge in [-0.3, -0.25) is 24.0 Å². The van der Waals surface area contributed by atoms with Crippen LogP contribution in [0.5, 0.6) is 0 Å². The number of aliphatic carboxylic acids is 1. The molecule has 0 saturated carbocycles. The van der Waals surface area contributed by atoms with Crippen molar-refractivity contribution in [2.24, 2.45) is 17.6 Å². The molecule has 0 aliphatic carbocycles. The number of hydrogen-bond acceptors (Lipinski definition) is 6. The second-order valence-corrected chi connectivity index (χ2v) is 9.51. The summed E-state index contributed by atoms with van der Waals surface area (Å²) in [5.74, 6) is -3.24. The molecule has 11 heteroatoms. The van der Waals surface area contributed by atoms with Crippen LogP contribution in [0.15, 0.2) is 0 Å². The van der Waals surface area contributed by atoms with Crippen LogP contribution < -0.4 is 21.7 Å². The summed E-state index contributed by atoms with van der Waals surface area (Å²) in [7, 11) is 0. The van der Waals surface area contributed by atoms with E-state index >= 15 is 0 Å². The van der Waals surface area contributed by atoms with Gasteiger partial charge in [-0.1, -0.05) is 47.5 Å². The molecule has 35 heavy (non-hydrogen) atoms. The molecule has 5 atom stereocenters. The Balaban J connectivity index is 5.42. The molecule has 0 fully saturated rings. The second-order valence-electron chi connectivity index (χ2n) is 9.51. The van der Waals surface area contributed by atoms with E-state index in [0.29, 0.717) is 25.7 Å². The highest BCUT2D eigenvalue weighted by atomic mass is 16.4. The van der Waals surface area contributed by atoms with Gasteiger partial charge in [0.05, 0.1) is 18.6 Å². The molecular formula is C24H44N4O7. The Labute approximate surface area is 208 Å². The van der Waals surface area contributed by atoms with E-state index in [1.54, 1.807) is 6.92 Å². The number of carboxylic acids is 1. The third kappa shape index (κ3) is 13.7. The number of aliphatic hydroxyl groups excluding tert-OH is 1. The lowest BCUT2D eigenvalue weighted by molar-refractivity contribution is -0.137. The summed E-state index contributed by atoms with van der Waals surface area (Å²) in [6.45, 7) is 9.36. The molecule has 0 bridgehead atoms. The van der Waals surface area contributed by atoms with Crippen LogP contribution in [-0.2, 0) is 24.0 Å². The highest BCUT2D eigenvalue weighted by Gasteiger charge is 2.31. The summed E-state index contributed by atoms with van der Waals surface area (Å²) < 4.78 is 0. The molecule has 0 aromatic carbocycles. The van der Waals surface area contributed by atoms with Crippen LogP contribution in [0.4, 0.5) is 0 Å². The first kappa shape index (κ1) is 32.3. The normalized spacial score (nSPS) is 15.4. The number of carbonyl (C=O) groups excluding carboxylic acids is 4. The van der Waals surface area contributed by atoms with E-state index in [4.69, 9.17) is 10.8 Å². The number of carboxylic acid groups (broad SMARTS) is 1. The van der Waals surface area contributed by atoms with Crippen LogP contribution in [0, 0.1) is 11.8 Å². The van der Waals surface area contributed by atoms with Gasteiger partial charge in [-0.2, -0.15) is 0 Å². The maximum absolute atomic E-state index is 13.1. The van der Waals surface area contributed by atoms with Crippen LogP contribution >= 0.6 is 0 Å². The minimum absolute atomic E-state index is 0.0278. The van der Waals surface area contributed by atoms with Gasteiger partial charge in [0, 0.05) is 12.8 Å². The fourth-order valence-electron chi connectivity index (χ4n) is 3.62. The van der Waals surface area contributed by atoms with E-state index in [-0.39, 0.29) is 37.5 Å². The molecule has 11 nitrogen and oxygen atoms in total. The first-order valence-corrected chi connectivity index (χ1v) is 12.4. The molecule has 0 saturated heterocycles. The number of primary amides is 1. The highest BCUT2D eigenvalue weighted by Crippen LogP contribution is 2.13.